The first-order valence-corrected chi connectivity index (χ1v) is 15.7. The van der Waals surface area contributed by atoms with Gasteiger partial charge in [-0.1, -0.05) is 12.1 Å². The zero-order valence-electron chi connectivity index (χ0n) is 25.0. The number of alkyl halides is 3. The Labute approximate surface area is 262 Å². The molecule has 46 heavy (non-hydrogen) atoms. The quantitative estimate of drug-likeness (QED) is 0.188. The Balaban J connectivity index is 1.42. The van der Waals surface area contributed by atoms with E-state index in [1.54, 1.807) is 49.4 Å². The fourth-order valence-corrected chi connectivity index (χ4v) is 7.07. The van der Waals surface area contributed by atoms with Crippen molar-refractivity contribution in [1.82, 2.24) is 14.5 Å². The van der Waals surface area contributed by atoms with Crippen molar-refractivity contribution in [2.75, 3.05) is 18.5 Å². The topological polar surface area (TPSA) is 104 Å². The SMILES string of the molecule is COc1ccc(CN(c2ncccn2)S(=O)(=O)c2ccc3c(ccc(=O)n3-c3cc(C)c(C4CC4C(F)(F)F)cc3OC)c2)cc1. The van der Waals surface area contributed by atoms with Crippen LogP contribution in [0.4, 0.5) is 19.1 Å². The van der Waals surface area contributed by atoms with E-state index in [9.17, 15) is 26.4 Å². The van der Waals surface area contributed by atoms with Crippen molar-refractivity contribution in [3.8, 4) is 17.2 Å². The van der Waals surface area contributed by atoms with E-state index in [-0.39, 0.29) is 29.6 Å². The number of ether oxygens (including phenoxy) is 2. The molecule has 9 nitrogen and oxygen atoms in total. The Morgan fingerprint density at radius 1 is 0.957 bits per heavy atom. The van der Waals surface area contributed by atoms with Gasteiger partial charge < -0.3 is 9.47 Å². The molecule has 2 atom stereocenters. The van der Waals surface area contributed by atoms with Gasteiger partial charge in [-0.05, 0) is 90.6 Å². The summed E-state index contributed by atoms with van der Waals surface area (Å²) in [6.07, 6.45) is -1.39. The molecule has 0 amide bonds. The lowest BCUT2D eigenvalue weighted by Crippen LogP contribution is -2.32. The minimum atomic E-state index is -4.29. The largest absolute Gasteiger partial charge is 0.497 e. The average molecular weight is 651 g/mol. The van der Waals surface area contributed by atoms with Crippen LogP contribution in [0.1, 0.15) is 29.0 Å². The molecule has 6 rings (SSSR count). The molecule has 0 saturated heterocycles. The minimum absolute atomic E-state index is 0.00180. The van der Waals surface area contributed by atoms with Crippen LogP contribution in [-0.2, 0) is 16.6 Å². The van der Waals surface area contributed by atoms with Crippen LogP contribution in [0.25, 0.3) is 16.6 Å². The molecule has 0 spiro atoms. The molecular formula is C33H29F3N4O5S. The smallest absolute Gasteiger partial charge is 0.392 e. The zero-order valence-corrected chi connectivity index (χ0v) is 25.8. The molecule has 2 unspecified atom stereocenters. The van der Waals surface area contributed by atoms with Crippen molar-refractivity contribution in [3.63, 3.8) is 0 Å². The number of hydrogen-bond donors (Lipinski definition) is 0. The molecule has 1 fully saturated rings. The summed E-state index contributed by atoms with van der Waals surface area (Å²) in [6.45, 7) is 1.64. The Morgan fingerprint density at radius 3 is 2.30 bits per heavy atom. The predicted molar refractivity (Wildman–Crippen MR) is 166 cm³/mol. The van der Waals surface area contributed by atoms with E-state index in [0.717, 1.165) is 4.31 Å². The summed E-state index contributed by atoms with van der Waals surface area (Å²) in [4.78, 5) is 21.6. The number of fused-ring (bicyclic) bond motifs is 1. The van der Waals surface area contributed by atoms with E-state index in [0.29, 0.717) is 39.0 Å². The molecule has 0 N–H and O–H groups in total. The Morgan fingerprint density at radius 2 is 1.67 bits per heavy atom. The maximum absolute atomic E-state index is 14.1. The van der Waals surface area contributed by atoms with Crippen molar-refractivity contribution < 1.29 is 31.1 Å². The highest BCUT2D eigenvalue weighted by atomic mass is 32.2. The van der Waals surface area contributed by atoms with Crippen LogP contribution >= 0.6 is 0 Å². The normalized spacial score (nSPS) is 16.3. The first-order chi connectivity index (χ1) is 21.9. The number of sulfonamides is 1. The van der Waals surface area contributed by atoms with Gasteiger partial charge in [0.1, 0.15) is 11.5 Å². The summed E-state index contributed by atoms with van der Waals surface area (Å²) in [7, 11) is -1.30. The number of rotatable bonds is 9. The minimum Gasteiger partial charge on any atom is -0.497 e. The molecule has 0 aliphatic heterocycles. The predicted octanol–water partition coefficient (Wildman–Crippen LogP) is 6.17. The van der Waals surface area contributed by atoms with Gasteiger partial charge in [0.05, 0.1) is 42.8 Å². The van der Waals surface area contributed by atoms with Crippen molar-refractivity contribution in [3.05, 3.63) is 112 Å². The van der Waals surface area contributed by atoms with E-state index < -0.39 is 33.6 Å². The van der Waals surface area contributed by atoms with Crippen molar-refractivity contribution >= 4 is 26.9 Å². The second-order valence-electron chi connectivity index (χ2n) is 11.0. The van der Waals surface area contributed by atoms with Gasteiger partial charge in [0.25, 0.3) is 15.6 Å². The molecule has 1 saturated carbocycles. The summed E-state index contributed by atoms with van der Waals surface area (Å²) < 4.78 is 81.5. The van der Waals surface area contributed by atoms with Crippen LogP contribution in [0.15, 0.2) is 94.9 Å². The average Bonchev–Trinajstić information content (AvgIpc) is 3.86. The molecule has 1 aliphatic carbocycles. The Kier molecular flexibility index (Phi) is 7.97. The second-order valence-corrected chi connectivity index (χ2v) is 12.9. The lowest BCUT2D eigenvalue weighted by atomic mass is 10.0. The molecule has 3 aromatic carbocycles. The van der Waals surface area contributed by atoms with Crippen molar-refractivity contribution in [2.24, 2.45) is 5.92 Å². The zero-order chi connectivity index (χ0) is 32.8. The van der Waals surface area contributed by atoms with Gasteiger partial charge >= 0.3 is 6.18 Å². The monoisotopic (exact) mass is 650 g/mol. The molecule has 2 heterocycles. The highest BCUT2D eigenvalue weighted by Crippen LogP contribution is 2.57. The van der Waals surface area contributed by atoms with Gasteiger partial charge in [-0.3, -0.25) is 9.36 Å². The number of methoxy groups -OCH3 is 2. The van der Waals surface area contributed by atoms with E-state index in [1.807, 2.05) is 0 Å². The summed E-state index contributed by atoms with van der Waals surface area (Å²) >= 11 is 0. The number of anilines is 1. The van der Waals surface area contributed by atoms with Crippen molar-refractivity contribution in [2.45, 2.75) is 36.9 Å². The summed E-state index contributed by atoms with van der Waals surface area (Å²) in [6, 6.07) is 18.9. The Hall–Kier alpha value is -4.91. The van der Waals surface area contributed by atoms with Crippen LogP contribution in [0.5, 0.6) is 11.5 Å². The van der Waals surface area contributed by atoms with Crippen molar-refractivity contribution in [1.29, 1.82) is 0 Å². The van der Waals surface area contributed by atoms with Gasteiger partial charge in [-0.25, -0.2) is 22.7 Å². The van der Waals surface area contributed by atoms with Gasteiger partial charge in [0, 0.05) is 23.8 Å². The number of hydrogen-bond acceptors (Lipinski definition) is 7. The highest BCUT2D eigenvalue weighted by Gasteiger charge is 2.56. The first-order valence-electron chi connectivity index (χ1n) is 14.3. The van der Waals surface area contributed by atoms with Gasteiger partial charge in [0.15, 0.2) is 0 Å². The third-order valence-electron chi connectivity index (χ3n) is 8.13. The number of pyridine rings is 1. The third kappa shape index (κ3) is 5.78. The van der Waals surface area contributed by atoms with Crippen LogP contribution in [0.3, 0.4) is 0 Å². The molecule has 13 heteroatoms. The number of nitrogens with zero attached hydrogens (tertiary/aromatic N) is 4. The van der Waals surface area contributed by atoms with Gasteiger partial charge in [-0.15, -0.1) is 0 Å². The molecule has 0 radical (unpaired) electrons. The van der Waals surface area contributed by atoms with Gasteiger partial charge in [-0.2, -0.15) is 13.2 Å². The van der Waals surface area contributed by atoms with E-state index in [1.165, 1.54) is 61.5 Å². The fraction of sp³-hybridized carbons (Fsp3) is 0.242. The molecule has 2 aromatic heterocycles. The van der Waals surface area contributed by atoms with Crippen LogP contribution in [0, 0.1) is 12.8 Å². The molecular weight excluding hydrogens is 621 g/mol. The van der Waals surface area contributed by atoms with Crippen LogP contribution in [-0.4, -0.2) is 43.3 Å². The maximum Gasteiger partial charge on any atom is 0.392 e. The fourth-order valence-electron chi connectivity index (χ4n) is 5.67. The molecule has 5 aromatic rings. The summed E-state index contributed by atoms with van der Waals surface area (Å²) in [5, 5.41) is 0.433. The number of aromatic nitrogens is 3. The van der Waals surface area contributed by atoms with Gasteiger partial charge in [0.2, 0.25) is 5.95 Å². The van der Waals surface area contributed by atoms with Crippen LogP contribution < -0.4 is 19.3 Å². The van der Waals surface area contributed by atoms with E-state index in [4.69, 9.17) is 9.47 Å². The first kappa shape index (κ1) is 31.1. The summed E-state index contributed by atoms with van der Waals surface area (Å²) in [5.74, 6) is -1.25. The third-order valence-corrected chi connectivity index (χ3v) is 9.86. The summed E-state index contributed by atoms with van der Waals surface area (Å²) in [5.41, 5.74) is 2.07. The maximum atomic E-state index is 14.1. The van der Waals surface area contributed by atoms with Crippen LogP contribution in [0.2, 0.25) is 0 Å². The lowest BCUT2D eigenvalue weighted by Gasteiger charge is -2.23. The van der Waals surface area contributed by atoms with E-state index >= 15 is 0 Å². The number of halogens is 3. The molecule has 1 aliphatic rings. The second kappa shape index (κ2) is 11.8. The highest BCUT2D eigenvalue weighted by molar-refractivity contribution is 7.92. The standard InChI is InChI=1S/C33H29F3N4O5S/c1-20-15-29(30(45-3)18-25(20)26-17-27(26)33(34,35)36)40-28-11-10-24(16-22(28)7-12-31(40)41)46(42,43)39(32-37-13-4-14-38-32)19-21-5-8-23(44-2)9-6-21/h4-16,18,26-27H,17,19H2,1-3H3. The number of benzene rings is 3. The molecule has 238 valence electrons. The van der Waals surface area contributed by atoms with E-state index in [2.05, 4.69) is 9.97 Å². The number of aryl methyl sites for hydroxylation is 1. The Bertz CT molecular complexity index is 2090. The molecule has 0 bridgehead atoms. The lowest BCUT2D eigenvalue weighted by molar-refractivity contribution is -0.148.